The Balaban J connectivity index is 2.57. The van der Waals surface area contributed by atoms with E-state index in [0.717, 1.165) is 11.3 Å². The van der Waals surface area contributed by atoms with Gasteiger partial charge in [-0.25, -0.2) is 4.98 Å². The van der Waals surface area contributed by atoms with Gasteiger partial charge in [0.25, 0.3) is 0 Å². The lowest BCUT2D eigenvalue weighted by Crippen LogP contribution is -1.97. The normalized spacial score (nSPS) is 10.4. The Morgan fingerprint density at radius 1 is 1.56 bits per heavy atom. The van der Waals surface area contributed by atoms with Crippen molar-refractivity contribution in [1.29, 1.82) is 0 Å². The van der Waals surface area contributed by atoms with Gasteiger partial charge >= 0.3 is 5.97 Å². The molecule has 1 heterocycles. The molecule has 0 unspecified atom stereocenters. The van der Waals surface area contributed by atoms with Crippen LogP contribution < -0.4 is 0 Å². The number of carbonyl (C=O) groups is 1. The van der Waals surface area contributed by atoms with Crippen LogP contribution in [0.5, 0.6) is 0 Å². The summed E-state index contributed by atoms with van der Waals surface area (Å²) in [7, 11) is 0. The van der Waals surface area contributed by atoms with Crippen molar-refractivity contribution in [3.63, 3.8) is 0 Å². The van der Waals surface area contributed by atoms with Crippen LogP contribution in [0.2, 0.25) is 10.2 Å². The van der Waals surface area contributed by atoms with E-state index >= 15 is 0 Å². The molecule has 1 N–H and O–H groups in total. The molecule has 0 saturated heterocycles. The fraction of sp³-hybridized carbons (Fsp3) is 0.400. The molecule has 0 spiro atoms. The van der Waals surface area contributed by atoms with E-state index in [-0.39, 0.29) is 6.42 Å². The van der Waals surface area contributed by atoms with Gasteiger partial charge in [-0.2, -0.15) is 11.8 Å². The smallest absolute Gasteiger partial charge is 0.304 e. The third-order valence-corrected chi connectivity index (χ3v) is 3.49. The lowest BCUT2D eigenvalue weighted by atomic mass is 10.3. The highest BCUT2D eigenvalue weighted by molar-refractivity contribution is 7.98. The van der Waals surface area contributed by atoms with Crippen LogP contribution in [-0.4, -0.2) is 21.8 Å². The van der Waals surface area contributed by atoms with Crippen LogP contribution >= 0.6 is 35.0 Å². The number of aliphatic carboxylic acids is 1. The second kappa shape index (κ2) is 6.33. The molecule has 3 nitrogen and oxygen atoms in total. The average Bonchev–Trinajstić information content (AvgIpc) is 2.14. The van der Waals surface area contributed by atoms with Crippen molar-refractivity contribution in [2.45, 2.75) is 19.1 Å². The van der Waals surface area contributed by atoms with Crippen LogP contribution in [0, 0.1) is 6.92 Å². The molecule has 16 heavy (non-hydrogen) atoms. The lowest BCUT2D eigenvalue weighted by Gasteiger charge is -2.06. The van der Waals surface area contributed by atoms with Crippen LogP contribution in [0.4, 0.5) is 0 Å². The number of hydrogen-bond donors (Lipinski definition) is 1. The summed E-state index contributed by atoms with van der Waals surface area (Å²) in [6.45, 7) is 1.82. The van der Waals surface area contributed by atoms with Crippen molar-refractivity contribution in [3.05, 3.63) is 27.5 Å². The summed E-state index contributed by atoms with van der Waals surface area (Å²) in [4.78, 5) is 14.4. The van der Waals surface area contributed by atoms with E-state index in [4.69, 9.17) is 28.3 Å². The number of nitrogens with zero attached hydrogens (tertiary/aromatic N) is 1. The molecule has 0 aliphatic carbocycles. The first-order valence-corrected chi connectivity index (χ1v) is 6.53. The van der Waals surface area contributed by atoms with Crippen LogP contribution in [0.3, 0.4) is 0 Å². The van der Waals surface area contributed by atoms with Gasteiger partial charge in [0.2, 0.25) is 0 Å². The Kier molecular flexibility index (Phi) is 5.38. The largest absolute Gasteiger partial charge is 0.481 e. The molecule has 0 amide bonds. The molecule has 1 aromatic heterocycles. The molecule has 0 radical (unpaired) electrons. The zero-order valence-electron chi connectivity index (χ0n) is 8.67. The summed E-state index contributed by atoms with van der Waals surface area (Å²) >= 11 is 13.5. The lowest BCUT2D eigenvalue weighted by molar-refractivity contribution is -0.136. The summed E-state index contributed by atoms with van der Waals surface area (Å²) in [6.07, 6.45) is 0.138. The van der Waals surface area contributed by atoms with Crippen LogP contribution in [-0.2, 0) is 10.5 Å². The number of hydrogen-bond acceptors (Lipinski definition) is 3. The van der Waals surface area contributed by atoms with Crippen LogP contribution in [0.15, 0.2) is 6.07 Å². The van der Waals surface area contributed by atoms with Gasteiger partial charge in [-0.15, -0.1) is 0 Å². The van der Waals surface area contributed by atoms with Gasteiger partial charge in [-0.1, -0.05) is 23.2 Å². The summed E-state index contributed by atoms with van der Waals surface area (Å²) in [5, 5.41) is 9.46. The summed E-state index contributed by atoms with van der Waals surface area (Å²) in [5.74, 6) is 0.320. The predicted octanol–water partition coefficient (Wildman–Crippen LogP) is 3.40. The van der Waals surface area contributed by atoms with Gasteiger partial charge in [-0.3, -0.25) is 4.79 Å². The monoisotopic (exact) mass is 279 g/mol. The molecule has 0 saturated carbocycles. The van der Waals surface area contributed by atoms with Gasteiger partial charge in [0, 0.05) is 27.8 Å². The second-order valence-electron chi connectivity index (χ2n) is 3.21. The Morgan fingerprint density at radius 3 is 2.81 bits per heavy atom. The molecule has 6 heteroatoms. The van der Waals surface area contributed by atoms with E-state index in [0.29, 0.717) is 21.7 Å². The number of carboxylic acid groups (broad SMARTS) is 1. The SMILES string of the molecule is Cc1cc(Cl)c(CSCCC(=O)O)c(Cl)n1. The highest BCUT2D eigenvalue weighted by atomic mass is 35.5. The van der Waals surface area contributed by atoms with Crippen molar-refractivity contribution in [3.8, 4) is 0 Å². The molecule has 88 valence electrons. The number of pyridine rings is 1. The van der Waals surface area contributed by atoms with E-state index in [9.17, 15) is 4.79 Å². The molecule has 0 bridgehead atoms. The molecule has 1 rings (SSSR count). The third-order valence-electron chi connectivity index (χ3n) is 1.85. The van der Waals surface area contributed by atoms with Gasteiger partial charge in [0.1, 0.15) is 5.15 Å². The van der Waals surface area contributed by atoms with E-state index < -0.39 is 5.97 Å². The maximum Gasteiger partial charge on any atom is 0.304 e. The minimum atomic E-state index is -0.799. The molecular weight excluding hydrogens is 269 g/mol. The van der Waals surface area contributed by atoms with Crippen molar-refractivity contribution in [1.82, 2.24) is 4.98 Å². The Labute approximate surface area is 108 Å². The van der Waals surface area contributed by atoms with Crippen molar-refractivity contribution in [2.75, 3.05) is 5.75 Å². The Hall–Kier alpha value is -0.450. The molecule has 0 atom stereocenters. The Bertz CT molecular complexity index is 375. The standard InChI is InChI=1S/C10H11Cl2NO2S/c1-6-4-8(11)7(10(12)13-6)5-16-3-2-9(14)15/h4H,2-3,5H2,1H3,(H,14,15). The average molecular weight is 280 g/mol. The molecule has 1 aromatic rings. The maximum atomic E-state index is 10.3. The maximum absolute atomic E-state index is 10.3. The van der Waals surface area contributed by atoms with E-state index in [1.807, 2.05) is 6.92 Å². The minimum Gasteiger partial charge on any atom is -0.481 e. The molecule has 0 aromatic carbocycles. The molecule has 0 aliphatic heterocycles. The zero-order valence-corrected chi connectivity index (χ0v) is 11.0. The fourth-order valence-electron chi connectivity index (χ4n) is 1.09. The van der Waals surface area contributed by atoms with Gasteiger partial charge in [-0.05, 0) is 13.0 Å². The molecular formula is C10H11Cl2NO2S. The Morgan fingerprint density at radius 2 is 2.25 bits per heavy atom. The zero-order chi connectivity index (χ0) is 12.1. The highest BCUT2D eigenvalue weighted by Gasteiger charge is 2.08. The van der Waals surface area contributed by atoms with E-state index in [2.05, 4.69) is 4.98 Å². The van der Waals surface area contributed by atoms with Gasteiger partial charge < -0.3 is 5.11 Å². The number of aryl methyl sites for hydroxylation is 1. The van der Waals surface area contributed by atoms with Crippen LogP contribution in [0.1, 0.15) is 17.7 Å². The number of aromatic nitrogens is 1. The number of rotatable bonds is 5. The minimum absolute atomic E-state index is 0.138. The van der Waals surface area contributed by atoms with Gasteiger partial charge in [0.05, 0.1) is 6.42 Å². The number of carboxylic acids is 1. The van der Waals surface area contributed by atoms with Crippen molar-refractivity contribution >= 4 is 40.9 Å². The number of halogens is 2. The summed E-state index contributed by atoms with van der Waals surface area (Å²) < 4.78 is 0. The number of thioether (sulfide) groups is 1. The summed E-state index contributed by atoms with van der Waals surface area (Å²) in [6, 6.07) is 1.75. The fourth-order valence-corrected chi connectivity index (χ4v) is 2.87. The topological polar surface area (TPSA) is 50.2 Å². The second-order valence-corrected chi connectivity index (χ2v) is 5.08. The molecule has 0 aliphatic rings. The first-order valence-electron chi connectivity index (χ1n) is 4.61. The first kappa shape index (κ1) is 13.6. The van der Waals surface area contributed by atoms with Gasteiger partial charge in [0.15, 0.2) is 0 Å². The van der Waals surface area contributed by atoms with Crippen molar-refractivity contribution < 1.29 is 9.90 Å². The van der Waals surface area contributed by atoms with E-state index in [1.165, 1.54) is 11.8 Å². The third kappa shape index (κ3) is 4.20. The van der Waals surface area contributed by atoms with E-state index in [1.54, 1.807) is 6.07 Å². The van der Waals surface area contributed by atoms with Crippen LogP contribution in [0.25, 0.3) is 0 Å². The quantitative estimate of drug-likeness (QED) is 0.663. The highest BCUT2D eigenvalue weighted by Crippen LogP contribution is 2.27. The predicted molar refractivity (Wildman–Crippen MR) is 67.4 cm³/mol. The summed E-state index contributed by atoms with van der Waals surface area (Å²) in [5.41, 5.74) is 1.54. The van der Waals surface area contributed by atoms with Crippen molar-refractivity contribution in [2.24, 2.45) is 0 Å². The molecule has 0 fully saturated rings. The first-order chi connectivity index (χ1) is 7.50.